The van der Waals surface area contributed by atoms with Gasteiger partial charge in [0.05, 0.1) is 22.4 Å². The molecule has 0 atom stereocenters. The highest BCUT2D eigenvalue weighted by molar-refractivity contribution is 7.25. The van der Waals surface area contributed by atoms with E-state index < -0.39 is 0 Å². The lowest BCUT2D eigenvalue weighted by atomic mass is 9.97. The van der Waals surface area contributed by atoms with Gasteiger partial charge in [-0.15, -0.1) is 11.3 Å². The quantitative estimate of drug-likeness (QED) is 0.156. The summed E-state index contributed by atoms with van der Waals surface area (Å²) in [5, 5.41) is 7.64. The molecule has 0 amide bonds. The summed E-state index contributed by atoms with van der Waals surface area (Å²) < 4.78 is 5.06. The van der Waals surface area contributed by atoms with Gasteiger partial charge in [-0.1, -0.05) is 158 Å². The topological polar surface area (TPSA) is 8.17 Å². The largest absolute Gasteiger partial charge is 0.308 e. The third-order valence-electron chi connectivity index (χ3n) is 12.2. The van der Waals surface area contributed by atoms with Crippen LogP contribution in [0, 0.1) is 0 Å². The molecule has 0 aliphatic carbocycles. The van der Waals surface area contributed by atoms with Gasteiger partial charge in [0.1, 0.15) is 0 Å². The minimum Gasteiger partial charge on any atom is -0.308 e. The van der Waals surface area contributed by atoms with Crippen molar-refractivity contribution in [1.82, 2.24) is 4.57 Å². The van der Waals surface area contributed by atoms with Crippen molar-refractivity contribution >= 4 is 81.1 Å². The molecule has 12 rings (SSSR count). The van der Waals surface area contributed by atoms with Crippen LogP contribution in [0.3, 0.4) is 0 Å². The van der Waals surface area contributed by atoms with Gasteiger partial charge < -0.3 is 9.47 Å². The van der Waals surface area contributed by atoms with Crippen LogP contribution in [0.4, 0.5) is 17.1 Å². The van der Waals surface area contributed by atoms with Crippen LogP contribution < -0.4 is 4.90 Å². The maximum Gasteiger partial charge on any atom is 0.0702 e. The van der Waals surface area contributed by atoms with E-state index >= 15 is 0 Å². The van der Waals surface area contributed by atoms with Gasteiger partial charge >= 0.3 is 0 Å². The zero-order valence-corrected chi connectivity index (χ0v) is 34.1. The van der Waals surface area contributed by atoms with Gasteiger partial charge in [0, 0.05) is 42.3 Å². The highest BCUT2D eigenvalue weighted by atomic mass is 32.1. The normalized spacial score (nSPS) is 11.6. The average molecular weight is 795 g/mol. The molecule has 3 heteroatoms. The second kappa shape index (κ2) is 14.5. The Kier molecular flexibility index (Phi) is 8.39. The second-order valence-corrected chi connectivity index (χ2v) is 16.8. The van der Waals surface area contributed by atoms with Crippen LogP contribution in [0.15, 0.2) is 231 Å². The minimum atomic E-state index is 1.09. The average Bonchev–Trinajstić information content (AvgIpc) is 3.88. The van der Waals surface area contributed by atoms with Gasteiger partial charge in [-0.05, 0) is 117 Å². The summed E-state index contributed by atoms with van der Waals surface area (Å²) in [5.41, 5.74) is 14.0. The fraction of sp³-hybridized carbons (Fsp3) is 0. The molecule has 0 fully saturated rings. The Bertz CT molecular complexity index is 3540. The molecule has 61 heavy (non-hydrogen) atoms. The number of para-hydroxylation sites is 4. The summed E-state index contributed by atoms with van der Waals surface area (Å²) in [6.07, 6.45) is 0. The lowest BCUT2D eigenvalue weighted by molar-refractivity contribution is 1.15. The van der Waals surface area contributed by atoms with Crippen LogP contribution in [0.25, 0.3) is 91.8 Å². The number of anilines is 3. The number of hydrogen-bond donors (Lipinski definition) is 0. The zero-order valence-electron chi connectivity index (χ0n) is 33.2. The number of benzene rings is 10. The van der Waals surface area contributed by atoms with Gasteiger partial charge in [-0.2, -0.15) is 0 Å². The van der Waals surface area contributed by atoms with Crippen molar-refractivity contribution in [2.24, 2.45) is 0 Å². The molecule has 10 aromatic carbocycles. The molecule has 0 unspecified atom stereocenters. The van der Waals surface area contributed by atoms with Crippen molar-refractivity contribution in [2.45, 2.75) is 0 Å². The minimum absolute atomic E-state index is 1.09. The van der Waals surface area contributed by atoms with Gasteiger partial charge in [0.2, 0.25) is 0 Å². The SMILES string of the molecule is c1cc(-c2ccc(N(c3ccc(-c4ccc5c(c4)sc4ccccc45)cc3)c3ccccc3-n3c4ccccc4c4ccccc43)cc2)cc(-c2ccc3ccccc3c2)c1. The van der Waals surface area contributed by atoms with E-state index in [-0.39, 0.29) is 0 Å². The molecule has 0 N–H and O–H groups in total. The van der Waals surface area contributed by atoms with Crippen molar-refractivity contribution in [3.63, 3.8) is 0 Å². The molecule has 0 aliphatic rings. The number of fused-ring (bicyclic) bond motifs is 7. The smallest absolute Gasteiger partial charge is 0.0702 e. The molecule has 2 aromatic heterocycles. The van der Waals surface area contributed by atoms with Crippen LogP contribution in [0.5, 0.6) is 0 Å². The molecule has 12 aromatic rings. The summed E-state index contributed by atoms with van der Waals surface area (Å²) in [6.45, 7) is 0. The molecule has 0 radical (unpaired) electrons. The zero-order chi connectivity index (χ0) is 40.3. The van der Waals surface area contributed by atoms with Crippen molar-refractivity contribution in [2.75, 3.05) is 4.90 Å². The molecule has 0 spiro atoms. The van der Waals surface area contributed by atoms with Gasteiger partial charge in [0.25, 0.3) is 0 Å². The van der Waals surface area contributed by atoms with Gasteiger partial charge in [-0.3, -0.25) is 0 Å². The Morgan fingerprint density at radius 1 is 0.311 bits per heavy atom. The number of nitrogens with zero attached hydrogens (tertiary/aromatic N) is 2. The summed E-state index contributed by atoms with van der Waals surface area (Å²) in [7, 11) is 0. The number of aromatic nitrogens is 1. The van der Waals surface area contributed by atoms with E-state index in [1.54, 1.807) is 0 Å². The maximum atomic E-state index is 2.42. The van der Waals surface area contributed by atoms with Crippen LogP contribution in [0.2, 0.25) is 0 Å². The standard InChI is InChI=1S/C58H38N2S/c1-2-13-42-37-45(25-24-39(42)12-1)44-15-11-14-43(36-44)40-26-31-47(32-27-40)59(48-33-28-41(29-34-48)46-30-35-52-51-18-5-10-23-57(51)61-58(52)38-46)55-21-8-9-22-56(55)60-53-19-6-3-16-49(53)50-17-4-7-20-54(50)60/h1-38H. The van der Waals surface area contributed by atoms with E-state index in [9.17, 15) is 0 Å². The highest BCUT2D eigenvalue weighted by Crippen LogP contribution is 2.43. The maximum absolute atomic E-state index is 2.42. The summed E-state index contributed by atoms with van der Waals surface area (Å²) in [4.78, 5) is 2.41. The molecule has 0 bridgehead atoms. The molecule has 0 aliphatic heterocycles. The lowest BCUT2D eigenvalue weighted by Crippen LogP contribution is -2.13. The van der Waals surface area contributed by atoms with Crippen molar-refractivity contribution in [3.8, 4) is 39.1 Å². The molecular weight excluding hydrogens is 757 g/mol. The monoisotopic (exact) mass is 794 g/mol. The lowest BCUT2D eigenvalue weighted by Gasteiger charge is -2.28. The first kappa shape index (κ1) is 35.2. The Morgan fingerprint density at radius 3 is 1.54 bits per heavy atom. The predicted molar refractivity (Wildman–Crippen MR) is 262 cm³/mol. The third-order valence-corrected chi connectivity index (χ3v) is 13.3. The summed E-state index contributed by atoms with van der Waals surface area (Å²) >= 11 is 1.86. The fourth-order valence-electron chi connectivity index (χ4n) is 9.21. The van der Waals surface area contributed by atoms with Crippen LogP contribution in [-0.2, 0) is 0 Å². The molecular formula is C58H38N2S. The van der Waals surface area contributed by atoms with Crippen molar-refractivity contribution in [1.29, 1.82) is 0 Å². The van der Waals surface area contributed by atoms with E-state index in [0.29, 0.717) is 0 Å². The number of thiophene rings is 1. The van der Waals surface area contributed by atoms with E-state index in [1.165, 1.54) is 86.1 Å². The van der Waals surface area contributed by atoms with Gasteiger partial charge in [0.15, 0.2) is 0 Å². The molecule has 286 valence electrons. The molecule has 0 saturated heterocycles. The Morgan fingerprint density at radius 2 is 0.820 bits per heavy atom. The Balaban J connectivity index is 0.974. The molecule has 2 nitrogen and oxygen atoms in total. The first-order valence-electron chi connectivity index (χ1n) is 20.8. The second-order valence-electron chi connectivity index (χ2n) is 15.7. The van der Waals surface area contributed by atoms with E-state index in [2.05, 4.69) is 240 Å². The molecule has 2 heterocycles. The van der Waals surface area contributed by atoms with Crippen LogP contribution in [-0.4, -0.2) is 4.57 Å². The van der Waals surface area contributed by atoms with Gasteiger partial charge in [-0.25, -0.2) is 0 Å². The van der Waals surface area contributed by atoms with E-state index in [1.807, 2.05) is 11.3 Å². The third kappa shape index (κ3) is 6.09. The predicted octanol–water partition coefficient (Wildman–Crippen LogP) is 16.8. The van der Waals surface area contributed by atoms with Crippen LogP contribution in [0.1, 0.15) is 0 Å². The Hall–Kier alpha value is -7.72. The van der Waals surface area contributed by atoms with Crippen molar-refractivity contribution in [3.05, 3.63) is 231 Å². The van der Waals surface area contributed by atoms with Crippen LogP contribution >= 0.6 is 11.3 Å². The Labute approximate surface area is 358 Å². The first-order valence-corrected chi connectivity index (χ1v) is 21.6. The number of hydrogen-bond acceptors (Lipinski definition) is 2. The number of rotatable bonds is 7. The molecule has 0 saturated carbocycles. The summed E-state index contributed by atoms with van der Waals surface area (Å²) in [6, 6.07) is 84.2. The van der Waals surface area contributed by atoms with E-state index in [0.717, 1.165) is 22.7 Å². The highest BCUT2D eigenvalue weighted by Gasteiger charge is 2.21. The van der Waals surface area contributed by atoms with E-state index in [4.69, 9.17) is 0 Å². The first-order chi connectivity index (χ1) is 30.2. The fourth-order valence-corrected chi connectivity index (χ4v) is 10.4. The summed E-state index contributed by atoms with van der Waals surface area (Å²) in [5.74, 6) is 0. The van der Waals surface area contributed by atoms with Crippen molar-refractivity contribution < 1.29 is 0 Å².